The van der Waals surface area contributed by atoms with Crippen LogP contribution in [-0.4, -0.2) is 28.3 Å². The standard InChI is InChI=1S/C20H29N5/c1-3-8-16-13-19(16)24-20(21-4-2)22-14-17-9-5-6-10-18(17)15-25-12-7-11-23-25/h5-7,9-12,16,19H,3-4,8,13-15H2,1-2H3,(H2,21,22,24). The van der Waals surface area contributed by atoms with Gasteiger partial charge in [0.2, 0.25) is 0 Å². The van der Waals surface area contributed by atoms with Crippen molar-refractivity contribution in [3.05, 3.63) is 53.9 Å². The molecule has 5 heteroatoms. The Labute approximate surface area is 150 Å². The molecule has 0 spiro atoms. The predicted octanol–water partition coefficient (Wildman–Crippen LogP) is 3.18. The molecule has 134 valence electrons. The Morgan fingerprint density at radius 3 is 2.80 bits per heavy atom. The van der Waals surface area contributed by atoms with Crippen molar-refractivity contribution in [2.75, 3.05) is 6.54 Å². The zero-order valence-electron chi connectivity index (χ0n) is 15.3. The van der Waals surface area contributed by atoms with Crippen molar-refractivity contribution in [3.63, 3.8) is 0 Å². The molecule has 1 aliphatic rings. The van der Waals surface area contributed by atoms with Crippen LogP contribution >= 0.6 is 0 Å². The van der Waals surface area contributed by atoms with E-state index in [0.29, 0.717) is 12.6 Å². The minimum Gasteiger partial charge on any atom is -0.357 e. The average Bonchev–Trinajstić information content (AvgIpc) is 3.13. The van der Waals surface area contributed by atoms with Gasteiger partial charge in [0.05, 0.1) is 13.1 Å². The molecule has 0 amide bonds. The highest BCUT2D eigenvalue weighted by atomic mass is 15.3. The molecule has 3 rings (SSSR count). The third-order valence-electron chi connectivity index (χ3n) is 4.67. The highest BCUT2D eigenvalue weighted by Gasteiger charge is 2.36. The number of guanidine groups is 1. The van der Waals surface area contributed by atoms with Crippen LogP contribution < -0.4 is 10.6 Å². The summed E-state index contributed by atoms with van der Waals surface area (Å²) < 4.78 is 1.95. The number of nitrogens with one attached hydrogen (secondary N) is 2. The van der Waals surface area contributed by atoms with Gasteiger partial charge in [-0.1, -0.05) is 37.6 Å². The van der Waals surface area contributed by atoms with Crippen molar-refractivity contribution >= 4 is 5.96 Å². The molecular weight excluding hydrogens is 310 g/mol. The van der Waals surface area contributed by atoms with Crippen molar-refractivity contribution in [2.45, 2.75) is 52.2 Å². The molecule has 2 N–H and O–H groups in total. The van der Waals surface area contributed by atoms with Crippen LogP contribution in [0.1, 0.15) is 44.2 Å². The monoisotopic (exact) mass is 339 g/mol. The van der Waals surface area contributed by atoms with Gasteiger partial charge in [-0.3, -0.25) is 4.68 Å². The van der Waals surface area contributed by atoms with Crippen LogP contribution in [-0.2, 0) is 13.1 Å². The Hall–Kier alpha value is -2.30. The van der Waals surface area contributed by atoms with Gasteiger partial charge in [-0.15, -0.1) is 0 Å². The molecule has 2 atom stereocenters. The van der Waals surface area contributed by atoms with Gasteiger partial charge in [0.25, 0.3) is 0 Å². The number of benzene rings is 1. The highest BCUT2D eigenvalue weighted by molar-refractivity contribution is 5.80. The lowest BCUT2D eigenvalue weighted by atomic mass is 10.1. The SMILES string of the molecule is CCCC1CC1NC(=NCc1ccccc1Cn1cccn1)NCC. The molecule has 0 aliphatic heterocycles. The van der Waals surface area contributed by atoms with Gasteiger partial charge < -0.3 is 10.6 Å². The molecule has 1 fully saturated rings. The summed E-state index contributed by atoms with van der Waals surface area (Å²) in [7, 11) is 0. The Morgan fingerprint density at radius 1 is 1.24 bits per heavy atom. The van der Waals surface area contributed by atoms with Gasteiger partial charge in [-0.05, 0) is 42.9 Å². The Balaban J connectivity index is 1.64. The normalized spacial score (nSPS) is 19.7. The van der Waals surface area contributed by atoms with Crippen LogP contribution in [0.25, 0.3) is 0 Å². The Kier molecular flexibility index (Phi) is 6.09. The molecule has 5 nitrogen and oxygen atoms in total. The van der Waals surface area contributed by atoms with Gasteiger partial charge in [-0.25, -0.2) is 4.99 Å². The minimum absolute atomic E-state index is 0.595. The fourth-order valence-corrected chi connectivity index (χ4v) is 3.21. The molecule has 0 bridgehead atoms. The van der Waals surface area contributed by atoms with E-state index < -0.39 is 0 Å². The quantitative estimate of drug-likeness (QED) is 0.574. The summed E-state index contributed by atoms with van der Waals surface area (Å²) in [5.41, 5.74) is 2.51. The first-order chi connectivity index (χ1) is 12.3. The predicted molar refractivity (Wildman–Crippen MR) is 103 cm³/mol. The lowest BCUT2D eigenvalue weighted by molar-refractivity contribution is 0.655. The highest BCUT2D eigenvalue weighted by Crippen LogP contribution is 2.34. The van der Waals surface area contributed by atoms with Crippen molar-refractivity contribution in [1.82, 2.24) is 20.4 Å². The maximum absolute atomic E-state index is 4.81. The largest absolute Gasteiger partial charge is 0.357 e. The zero-order valence-corrected chi connectivity index (χ0v) is 15.3. The van der Waals surface area contributed by atoms with E-state index in [4.69, 9.17) is 4.99 Å². The molecule has 2 unspecified atom stereocenters. The number of nitrogens with zero attached hydrogens (tertiary/aromatic N) is 3. The number of hydrogen-bond acceptors (Lipinski definition) is 2. The molecule has 1 heterocycles. The van der Waals surface area contributed by atoms with E-state index in [1.165, 1.54) is 30.4 Å². The van der Waals surface area contributed by atoms with E-state index >= 15 is 0 Å². The van der Waals surface area contributed by atoms with Crippen LogP contribution in [0.5, 0.6) is 0 Å². The summed E-state index contributed by atoms with van der Waals surface area (Å²) in [5, 5.41) is 11.3. The van der Waals surface area contributed by atoms with Gasteiger partial charge in [0, 0.05) is 25.0 Å². The van der Waals surface area contributed by atoms with Crippen LogP contribution in [0.15, 0.2) is 47.7 Å². The molecule has 1 saturated carbocycles. The maximum Gasteiger partial charge on any atom is 0.191 e. The fourth-order valence-electron chi connectivity index (χ4n) is 3.21. The summed E-state index contributed by atoms with van der Waals surface area (Å²) in [6, 6.07) is 11.0. The lowest BCUT2D eigenvalue weighted by Gasteiger charge is -2.12. The molecule has 1 aromatic heterocycles. The summed E-state index contributed by atoms with van der Waals surface area (Å²) in [6.07, 6.45) is 7.65. The van der Waals surface area contributed by atoms with Gasteiger partial charge >= 0.3 is 0 Å². The molecule has 0 saturated heterocycles. The molecule has 25 heavy (non-hydrogen) atoms. The Morgan fingerprint density at radius 2 is 2.08 bits per heavy atom. The summed E-state index contributed by atoms with van der Waals surface area (Å²) in [4.78, 5) is 4.81. The van der Waals surface area contributed by atoms with Crippen molar-refractivity contribution in [1.29, 1.82) is 0 Å². The summed E-state index contributed by atoms with van der Waals surface area (Å²) in [6.45, 7) is 6.71. The lowest BCUT2D eigenvalue weighted by Crippen LogP contribution is -2.39. The summed E-state index contributed by atoms with van der Waals surface area (Å²) >= 11 is 0. The second kappa shape index (κ2) is 8.70. The molecule has 2 aromatic rings. The van der Waals surface area contributed by atoms with Crippen LogP contribution in [0, 0.1) is 5.92 Å². The summed E-state index contributed by atoms with van der Waals surface area (Å²) in [5.74, 6) is 1.75. The molecular formula is C20H29N5. The van der Waals surface area contributed by atoms with Gasteiger partial charge in [0.15, 0.2) is 5.96 Å². The first kappa shape index (κ1) is 17.5. The third-order valence-corrected chi connectivity index (χ3v) is 4.67. The van der Waals surface area contributed by atoms with Crippen molar-refractivity contribution in [3.8, 4) is 0 Å². The third kappa shape index (κ3) is 5.08. The first-order valence-electron chi connectivity index (χ1n) is 9.39. The average molecular weight is 339 g/mol. The Bertz CT molecular complexity index is 677. The smallest absolute Gasteiger partial charge is 0.191 e. The van der Waals surface area contributed by atoms with Crippen LogP contribution in [0.2, 0.25) is 0 Å². The van der Waals surface area contributed by atoms with Crippen molar-refractivity contribution in [2.24, 2.45) is 10.9 Å². The minimum atomic E-state index is 0.595. The van der Waals surface area contributed by atoms with Gasteiger partial charge in [-0.2, -0.15) is 5.10 Å². The van der Waals surface area contributed by atoms with Crippen LogP contribution in [0.4, 0.5) is 0 Å². The van der Waals surface area contributed by atoms with E-state index in [1.54, 1.807) is 0 Å². The van der Waals surface area contributed by atoms with Gasteiger partial charge in [0.1, 0.15) is 0 Å². The van der Waals surface area contributed by atoms with Crippen LogP contribution in [0.3, 0.4) is 0 Å². The number of aliphatic imine (C=N–C) groups is 1. The number of rotatable bonds is 8. The zero-order chi connectivity index (χ0) is 17.5. The van der Waals surface area contributed by atoms with Crippen molar-refractivity contribution < 1.29 is 0 Å². The van der Waals surface area contributed by atoms with E-state index in [0.717, 1.165) is 25.0 Å². The number of hydrogen-bond donors (Lipinski definition) is 2. The van der Waals surface area contributed by atoms with E-state index in [1.807, 2.05) is 23.1 Å². The topological polar surface area (TPSA) is 54.2 Å². The fraction of sp³-hybridized carbons (Fsp3) is 0.500. The maximum atomic E-state index is 4.81. The van der Waals surface area contributed by atoms with E-state index in [9.17, 15) is 0 Å². The number of aromatic nitrogens is 2. The van der Waals surface area contributed by atoms with E-state index in [-0.39, 0.29) is 0 Å². The molecule has 1 aliphatic carbocycles. The first-order valence-corrected chi connectivity index (χ1v) is 9.39. The molecule has 1 aromatic carbocycles. The second-order valence-corrected chi connectivity index (χ2v) is 6.70. The van der Waals surface area contributed by atoms with E-state index in [2.05, 4.69) is 53.8 Å². The molecule has 0 radical (unpaired) electrons. The second-order valence-electron chi connectivity index (χ2n) is 6.70.